The number of fused-ring (bicyclic) bond motifs is 1. The zero-order chi connectivity index (χ0) is 28.2. The molecule has 204 valence electrons. The molecule has 0 radical (unpaired) electrons. The molecule has 2 heterocycles. The van der Waals surface area contributed by atoms with Crippen molar-refractivity contribution in [3.63, 3.8) is 0 Å². The number of amides is 1. The zero-order valence-corrected chi connectivity index (χ0v) is 22.1. The SMILES string of the molecule is CC(C)(C)OC(=O)CC1C[C@@H](C(=O)O)n2c1ncc(N(Cc1ccccc1)C(=O)OCc1ccccc1)c2=O. The fraction of sp³-hybridized carbons (Fsp3) is 0.345. The molecule has 1 aromatic heterocycles. The normalized spacial score (nSPS) is 16.3. The van der Waals surface area contributed by atoms with Gasteiger partial charge in [0.15, 0.2) is 0 Å². The molecule has 1 aliphatic heterocycles. The van der Waals surface area contributed by atoms with Crippen LogP contribution in [0.15, 0.2) is 71.7 Å². The van der Waals surface area contributed by atoms with Gasteiger partial charge in [-0.3, -0.25) is 19.1 Å². The van der Waals surface area contributed by atoms with Crippen LogP contribution in [0.5, 0.6) is 0 Å². The van der Waals surface area contributed by atoms with Crippen molar-refractivity contribution in [1.29, 1.82) is 0 Å². The van der Waals surface area contributed by atoms with E-state index >= 15 is 0 Å². The lowest BCUT2D eigenvalue weighted by molar-refractivity contribution is -0.155. The second-order valence-electron chi connectivity index (χ2n) is 10.4. The molecule has 10 nitrogen and oxygen atoms in total. The highest BCUT2D eigenvalue weighted by atomic mass is 16.6. The molecule has 0 bridgehead atoms. The Morgan fingerprint density at radius 3 is 2.23 bits per heavy atom. The molecule has 0 aliphatic carbocycles. The molecule has 0 spiro atoms. The summed E-state index contributed by atoms with van der Waals surface area (Å²) < 4.78 is 12.0. The minimum atomic E-state index is -1.24. The molecule has 1 N–H and O–H groups in total. The molecular weight excluding hydrogens is 502 g/mol. The number of hydrogen-bond acceptors (Lipinski definition) is 7. The van der Waals surface area contributed by atoms with Crippen molar-refractivity contribution in [2.24, 2.45) is 0 Å². The number of carboxylic acid groups (broad SMARTS) is 1. The van der Waals surface area contributed by atoms with Crippen molar-refractivity contribution in [3.8, 4) is 0 Å². The molecule has 0 fully saturated rings. The largest absolute Gasteiger partial charge is 0.480 e. The summed E-state index contributed by atoms with van der Waals surface area (Å²) in [5, 5.41) is 9.90. The number of aliphatic carboxylic acids is 1. The second kappa shape index (κ2) is 11.5. The first-order valence-corrected chi connectivity index (χ1v) is 12.6. The molecule has 10 heteroatoms. The van der Waals surface area contributed by atoms with Gasteiger partial charge in [0.25, 0.3) is 5.56 Å². The lowest BCUT2D eigenvalue weighted by Gasteiger charge is -2.23. The molecule has 4 rings (SSSR count). The maximum absolute atomic E-state index is 13.7. The summed E-state index contributed by atoms with van der Waals surface area (Å²) in [6.45, 7) is 5.20. The molecule has 0 saturated carbocycles. The Balaban J connectivity index is 1.68. The molecule has 3 aromatic rings. The lowest BCUT2D eigenvalue weighted by Crippen LogP contribution is -2.38. The van der Waals surface area contributed by atoms with Crippen molar-refractivity contribution < 1.29 is 29.0 Å². The van der Waals surface area contributed by atoms with Crippen LogP contribution in [0.2, 0.25) is 0 Å². The van der Waals surface area contributed by atoms with Gasteiger partial charge in [0.1, 0.15) is 29.8 Å². The maximum atomic E-state index is 13.7. The maximum Gasteiger partial charge on any atom is 0.415 e. The monoisotopic (exact) mass is 533 g/mol. The van der Waals surface area contributed by atoms with Crippen LogP contribution in [-0.4, -0.2) is 38.3 Å². The topological polar surface area (TPSA) is 128 Å². The molecule has 0 saturated heterocycles. The summed E-state index contributed by atoms with van der Waals surface area (Å²) in [4.78, 5) is 57.2. The van der Waals surface area contributed by atoms with Crippen LogP contribution in [0.4, 0.5) is 10.5 Å². The molecule has 1 unspecified atom stereocenters. The lowest BCUT2D eigenvalue weighted by atomic mass is 10.00. The second-order valence-corrected chi connectivity index (χ2v) is 10.4. The third kappa shape index (κ3) is 6.70. The van der Waals surface area contributed by atoms with Crippen LogP contribution < -0.4 is 10.5 Å². The number of rotatable bonds is 8. The standard InChI is InChI=1S/C29H31N3O7/c1-29(2,3)39-24(33)15-21-14-22(27(35)36)32-25(21)30-16-23(26(32)34)31(17-19-10-6-4-7-11-19)28(37)38-18-20-12-8-5-9-13-20/h4-13,16,21-22H,14-15,17-18H2,1-3H3,(H,35,36)/t21?,22-/m0/s1. The average Bonchev–Trinajstić information content (AvgIpc) is 3.26. The predicted molar refractivity (Wildman–Crippen MR) is 142 cm³/mol. The summed E-state index contributed by atoms with van der Waals surface area (Å²) >= 11 is 0. The van der Waals surface area contributed by atoms with Gasteiger partial charge in [0.2, 0.25) is 0 Å². The summed E-state index contributed by atoms with van der Waals surface area (Å²) in [5.74, 6) is -2.21. The predicted octanol–water partition coefficient (Wildman–Crippen LogP) is 4.43. The minimum Gasteiger partial charge on any atom is -0.480 e. The van der Waals surface area contributed by atoms with E-state index in [2.05, 4.69) is 4.98 Å². The number of nitrogens with zero attached hydrogens (tertiary/aromatic N) is 3. The number of hydrogen-bond donors (Lipinski definition) is 1. The molecule has 1 amide bonds. The Bertz CT molecular complexity index is 1400. The van der Waals surface area contributed by atoms with E-state index in [4.69, 9.17) is 9.47 Å². The third-order valence-electron chi connectivity index (χ3n) is 6.21. The summed E-state index contributed by atoms with van der Waals surface area (Å²) in [6.07, 6.45) is 0.335. The van der Waals surface area contributed by atoms with Gasteiger partial charge in [-0.15, -0.1) is 0 Å². The number of esters is 1. The van der Waals surface area contributed by atoms with Crippen molar-refractivity contribution in [3.05, 3.63) is 94.2 Å². The average molecular weight is 534 g/mol. The fourth-order valence-electron chi connectivity index (χ4n) is 4.52. The molecular formula is C29H31N3O7. The van der Waals surface area contributed by atoms with E-state index in [0.29, 0.717) is 0 Å². The quantitative estimate of drug-likeness (QED) is 0.421. The number of ether oxygens (including phenoxy) is 2. The number of carbonyl (C=O) groups is 3. The van der Waals surface area contributed by atoms with Gasteiger partial charge >= 0.3 is 18.0 Å². The fourth-order valence-corrected chi connectivity index (χ4v) is 4.52. The first kappa shape index (κ1) is 27.6. The Morgan fingerprint density at radius 1 is 1.03 bits per heavy atom. The van der Waals surface area contributed by atoms with Crippen LogP contribution in [0.25, 0.3) is 0 Å². The van der Waals surface area contributed by atoms with Crippen molar-refractivity contribution >= 4 is 23.7 Å². The van der Waals surface area contributed by atoms with Crippen LogP contribution in [0.3, 0.4) is 0 Å². The van der Waals surface area contributed by atoms with Gasteiger partial charge < -0.3 is 14.6 Å². The number of aromatic nitrogens is 2. The van der Waals surface area contributed by atoms with E-state index in [-0.39, 0.29) is 37.5 Å². The molecule has 2 atom stereocenters. The number of anilines is 1. The van der Waals surface area contributed by atoms with E-state index in [1.165, 1.54) is 6.20 Å². The summed E-state index contributed by atoms with van der Waals surface area (Å²) in [6, 6.07) is 16.9. The van der Waals surface area contributed by atoms with Gasteiger partial charge in [-0.05, 0) is 38.3 Å². The molecule has 2 aromatic carbocycles. The van der Waals surface area contributed by atoms with Crippen LogP contribution in [0.1, 0.15) is 62.5 Å². The van der Waals surface area contributed by atoms with Gasteiger partial charge in [0.05, 0.1) is 19.2 Å². The third-order valence-corrected chi connectivity index (χ3v) is 6.21. The Labute approximate surface area is 225 Å². The Hall–Kier alpha value is -4.47. The van der Waals surface area contributed by atoms with Gasteiger partial charge in [-0.25, -0.2) is 14.6 Å². The highest BCUT2D eigenvalue weighted by Gasteiger charge is 2.40. The van der Waals surface area contributed by atoms with Gasteiger partial charge in [0, 0.05) is 5.92 Å². The Morgan fingerprint density at radius 2 is 1.64 bits per heavy atom. The summed E-state index contributed by atoms with van der Waals surface area (Å²) in [7, 11) is 0. The van der Waals surface area contributed by atoms with E-state index in [9.17, 15) is 24.3 Å². The summed E-state index contributed by atoms with van der Waals surface area (Å²) in [5.41, 5.74) is -0.0323. The Kier molecular flexibility index (Phi) is 8.13. The number of carbonyl (C=O) groups excluding carboxylic acids is 2. The highest BCUT2D eigenvalue weighted by Crippen LogP contribution is 2.37. The van der Waals surface area contributed by atoms with Gasteiger partial charge in [-0.2, -0.15) is 0 Å². The zero-order valence-electron chi connectivity index (χ0n) is 22.1. The van der Waals surface area contributed by atoms with E-state index in [1.54, 1.807) is 45.0 Å². The number of benzene rings is 2. The van der Waals surface area contributed by atoms with Crippen LogP contribution >= 0.6 is 0 Å². The van der Waals surface area contributed by atoms with E-state index in [0.717, 1.165) is 20.6 Å². The number of carboxylic acids is 1. The smallest absolute Gasteiger partial charge is 0.415 e. The first-order chi connectivity index (χ1) is 18.5. The van der Waals surface area contributed by atoms with Gasteiger partial charge in [-0.1, -0.05) is 60.7 Å². The van der Waals surface area contributed by atoms with Crippen molar-refractivity contribution in [2.75, 3.05) is 4.90 Å². The highest BCUT2D eigenvalue weighted by molar-refractivity contribution is 5.87. The van der Waals surface area contributed by atoms with E-state index < -0.39 is 41.2 Å². The molecule has 39 heavy (non-hydrogen) atoms. The van der Waals surface area contributed by atoms with Crippen LogP contribution in [-0.2, 0) is 32.2 Å². The van der Waals surface area contributed by atoms with E-state index in [1.807, 2.05) is 36.4 Å². The van der Waals surface area contributed by atoms with Crippen LogP contribution in [0, 0.1) is 0 Å². The van der Waals surface area contributed by atoms with Crippen molar-refractivity contribution in [2.45, 2.75) is 64.3 Å². The first-order valence-electron chi connectivity index (χ1n) is 12.6. The minimum absolute atomic E-state index is 0.00257. The van der Waals surface area contributed by atoms with Crippen molar-refractivity contribution in [1.82, 2.24) is 9.55 Å². The molecule has 1 aliphatic rings.